The molecule has 19 heavy (non-hydrogen) atoms. The second kappa shape index (κ2) is 11.8. The van der Waals surface area contributed by atoms with Crippen LogP contribution in [0.5, 0.6) is 0 Å². The lowest BCUT2D eigenvalue weighted by atomic mass is 10.1. The third-order valence-electron chi connectivity index (χ3n) is 3.63. The fraction of sp³-hybridized carbons (Fsp3) is 0.765. The number of halogens is 1. The van der Waals surface area contributed by atoms with Crippen molar-refractivity contribution in [2.45, 2.75) is 83.4 Å². The quantitative estimate of drug-likeness (QED) is 0.289. The van der Waals surface area contributed by atoms with Gasteiger partial charge in [-0.05, 0) is 25.0 Å². The molecule has 0 aliphatic heterocycles. The van der Waals surface area contributed by atoms with E-state index in [0.29, 0.717) is 5.88 Å². The van der Waals surface area contributed by atoms with Crippen molar-refractivity contribution < 1.29 is 0 Å². The Morgan fingerprint density at radius 1 is 0.789 bits per heavy atom. The van der Waals surface area contributed by atoms with Crippen molar-refractivity contribution in [2.75, 3.05) is 0 Å². The molecule has 0 bridgehead atoms. The first-order valence-electron chi connectivity index (χ1n) is 8.00. The molecule has 2 heteroatoms. The minimum absolute atomic E-state index is 0.669. The highest BCUT2D eigenvalue weighted by atomic mass is 35.5. The van der Waals surface area contributed by atoms with E-state index in [9.17, 15) is 0 Å². The number of alkyl halides is 1. The first-order valence-corrected chi connectivity index (χ1v) is 9.35. The first kappa shape index (κ1) is 17.0. The molecule has 1 heterocycles. The Hall–Kier alpha value is -0.0100. The van der Waals surface area contributed by atoms with E-state index in [-0.39, 0.29) is 0 Å². The first-order chi connectivity index (χ1) is 9.36. The summed E-state index contributed by atoms with van der Waals surface area (Å²) >= 11 is 7.69. The van der Waals surface area contributed by atoms with Crippen molar-refractivity contribution in [1.29, 1.82) is 0 Å². The monoisotopic (exact) mass is 300 g/mol. The molecule has 0 amide bonds. The van der Waals surface area contributed by atoms with Crippen LogP contribution >= 0.6 is 22.9 Å². The second-order valence-electron chi connectivity index (χ2n) is 5.43. The number of hydrogen-bond donors (Lipinski definition) is 0. The molecule has 0 fully saturated rings. The molecule has 0 aliphatic rings. The topological polar surface area (TPSA) is 0 Å². The minimum atomic E-state index is 0.669. The Bertz CT molecular complexity index is 306. The van der Waals surface area contributed by atoms with E-state index in [4.69, 9.17) is 11.6 Å². The molecular weight excluding hydrogens is 272 g/mol. The predicted molar refractivity (Wildman–Crippen MR) is 89.4 cm³/mol. The van der Waals surface area contributed by atoms with Crippen molar-refractivity contribution >= 4 is 22.9 Å². The number of unbranched alkanes of at least 4 members (excludes halogenated alkanes) is 9. The van der Waals surface area contributed by atoms with E-state index in [1.165, 1.54) is 80.4 Å². The molecule has 110 valence electrons. The zero-order chi connectivity index (χ0) is 13.8. The van der Waals surface area contributed by atoms with Gasteiger partial charge in [-0.25, -0.2) is 0 Å². The van der Waals surface area contributed by atoms with Crippen LogP contribution in [0.3, 0.4) is 0 Å². The SMILES string of the molecule is CCCCCCCCCCCCc1ccc(CCl)s1. The summed E-state index contributed by atoms with van der Waals surface area (Å²) in [7, 11) is 0. The molecule has 0 N–H and O–H groups in total. The van der Waals surface area contributed by atoms with Crippen LogP contribution in [0.25, 0.3) is 0 Å². The Morgan fingerprint density at radius 2 is 1.32 bits per heavy atom. The third kappa shape index (κ3) is 8.70. The van der Waals surface area contributed by atoms with Crippen molar-refractivity contribution in [2.24, 2.45) is 0 Å². The predicted octanol–water partition coefficient (Wildman–Crippen LogP) is 6.95. The van der Waals surface area contributed by atoms with Gasteiger partial charge in [-0.3, -0.25) is 0 Å². The fourth-order valence-electron chi connectivity index (χ4n) is 2.42. The van der Waals surface area contributed by atoms with Gasteiger partial charge in [0.05, 0.1) is 5.88 Å². The molecule has 1 aromatic heterocycles. The summed E-state index contributed by atoms with van der Waals surface area (Å²) in [5.41, 5.74) is 0. The largest absolute Gasteiger partial charge is 0.144 e. The summed E-state index contributed by atoms with van der Waals surface area (Å²) in [5.74, 6) is 0.669. The highest BCUT2D eigenvalue weighted by molar-refractivity contribution is 7.12. The maximum Gasteiger partial charge on any atom is 0.0568 e. The van der Waals surface area contributed by atoms with Crippen LogP contribution in [0.2, 0.25) is 0 Å². The van der Waals surface area contributed by atoms with E-state index in [2.05, 4.69) is 19.1 Å². The molecule has 0 radical (unpaired) electrons. The van der Waals surface area contributed by atoms with E-state index >= 15 is 0 Å². The third-order valence-corrected chi connectivity index (χ3v) is 5.22. The van der Waals surface area contributed by atoms with E-state index < -0.39 is 0 Å². The van der Waals surface area contributed by atoms with Gasteiger partial charge in [-0.2, -0.15) is 0 Å². The fourth-order valence-corrected chi connectivity index (χ4v) is 3.58. The van der Waals surface area contributed by atoms with Gasteiger partial charge < -0.3 is 0 Å². The average Bonchev–Trinajstić information content (AvgIpc) is 2.89. The Labute approximate surface area is 128 Å². The van der Waals surface area contributed by atoms with Crippen molar-refractivity contribution in [3.63, 3.8) is 0 Å². The summed E-state index contributed by atoms with van der Waals surface area (Å²) in [4.78, 5) is 2.82. The van der Waals surface area contributed by atoms with E-state index in [1.54, 1.807) is 0 Å². The van der Waals surface area contributed by atoms with Crippen LogP contribution in [-0.2, 0) is 12.3 Å². The van der Waals surface area contributed by atoms with Crippen LogP contribution in [0.15, 0.2) is 12.1 Å². The lowest BCUT2D eigenvalue weighted by Gasteiger charge is -2.01. The number of aryl methyl sites for hydroxylation is 1. The molecule has 0 aliphatic carbocycles. The van der Waals surface area contributed by atoms with Gasteiger partial charge in [-0.1, -0.05) is 64.7 Å². The number of rotatable bonds is 12. The lowest BCUT2D eigenvalue weighted by molar-refractivity contribution is 0.557. The molecule has 1 rings (SSSR count). The molecular formula is C17H29ClS. The summed E-state index contributed by atoms with van der Waals surface area (Å²) < 4.78 is 0. The lowest BCUT2D eigenvalue weighted by Crippen LogP contribution is -1.84. The van der Waals surface area contributed by atoms with Crippen LogP contribution in [0.1, 0.15) is 80.9 Å². The molecule has 0 aromatic carbocycles. The Kier molecular flexibility index (Phi) is 10.6. The maximum atomic E-state index is 5.81. The zero-order valence-electron chi connectivity index (χ0n) is 12.4. The van der Waals surface area contributed by atoms with Crippen LogP contribution in [0.4, 0.5) is 0 Å². The van der Waals surface area contributed by atoms with Crippen LogP contribution in [0, 0.1) is 0 Å². The Morgan fingerprint density at radius 3 is 1.84 bits per heavy atom. The molecule has 0 unspecified atom stereocenters. The maximum absolute atomic E-state index is 5.81. The van der Waals surface area contributed by atoms with E-state index in [1.807, 2.05) is 11.3 Å². The zero-order valence-corrected chi connectivity index (χ0v) is 14.0. The van der Waals surface area contributed by atoms with Crippen molar-refractivity contribution in [3.05, 3.63) is 21.9 Å². The Balaban J connectivity index is 1.86. The van der Waals surface area contributed by atoms with Gasteiger partial charge in [-0.15, -0.1) is 22.9 Å². The normalized spacial score (nSPS) is 11.1. The smallest absolute Gasteiger partial charge is 0.0568 e. The summed E-state index contributed by atoms with van der Waals surface area (Å²) in [6.07, 6.45) is 15.4. The summed E-state index contributed by atoms with van der Waals surface area (Å²) in [6, 6.07) is 4.42. The highest BCUT2D eigenvalue weighted by Gasteiger charge is 1.99. The van der Waals surface area contributed by atoms with Gasteiger partial charge in [0.2, 0.25) is 0 Å². The minimum Gasteiger partial charge on any atom is -0.144 e. The van der Waals surface area contributed by atoms with Gasteiger partial charge in [0.15, 0.2) is 0 Å². The standard InChI is InChI=1S/C17H29ClS/c1-2-3-4-5-6-7-8-9-10-11-12-16-13-14-17(15-18)19-16/h13-14H,2-12,15H2,1H3. The molecule has 0 saturated carbocycles. The second-order valence-corrected chi connectivity index (χ2v) is 6.95. The van der Waals surface area contributed by atoms with Crippen molar-refractivity contribution in [3.8, 4) is 0 Å². The average molecular weight is 301 g/mol. The molecule has 0 atom stereocenters. The molecule has 0 spiro atoms. The number of thiophene rings is 1. The van der Waals surface area contributed by atoms with Crippen LogP contribution < -0.4 is 0 Å². The summed E-state index contributed by atoms with van der Waals surface area (Å²) in [6.45, 7) is 2.28. The van der Waals surface area contributed by atoms with Crippen molar-refractivity contribution in [1.82, 2.24) is 0 Å². The molecule has 0 saturated heterocycles. The number of hydrogen-bond acceptors (Lipinski definition) is 1. The highest BCUT2D eigenvalue weighted by Crippen LogP contribution is 2.20. The molecule has 1 aromatic rings. The van der Waals surface area contributed by atoms with Gasteiger partial charge in [0.25, 0.3) is 0 Å². The molecule has 0 nitrogen and oxygen atoms in total. The van der Waals surface area contributed by atoms with E-state index in [0.717, 1.165) is 0 Å². The van der Waals surface area contributed by atoms with Crippen LogP contribution in [-0.4, -0.2) is 0 Å². The summed E-state index contributed by atoms with van der Waals surface area (Å²) in [5, 5.41) is 0. The van der Waals surface area contributed by atoms with Gasteiger partial charge in [0, 0.05) is 9.75 Å². The van der Waals surface area contributed by atoms with Gasteiger partial charge >= 0.3 is 0 Å². The van der Waals surface area contributed by atoms with Gasteiger partial charge in [0.1, 0.15) is 0 Å².